The summed E-state index contributed by atoms with van der Waals surface area (Å²) in [4.78, 5) is 24.5. The minimum Gasteiger partial charge on any atom is -0.338 e. The van der Waals surface area contributed by atoms with Gasteiger partial charge in [0, 0.05) is 29.9 Å². The molecule has 1 aliphatic rings. The van der Waals surface area contributed by atoms with Gasteiger partial charge in [0.05, 0.1) is 6.54 Å². The molecule has 1 aromatic carbocycles. The van der Waals surface area contributed by atoms with Crippen LogP contribution in [-0.2, 0) is 10.3 Å². The van der Waals surface area contributed by atoms with Crippen molar-refractivity contribution in [3.63, 3.8) is 0 Å². The number of benzene rings is 1. The molecule has 0 aliphatic carbocycles. The van der Waals surface area contributed by atoms with Crippen molar-refractivity contribution in [2.75, 3.05) is 13.6 Å². The van der Waals surface area contributed by atoms with E-state index in [0.29, 0.717) is 5.56 Å². The van der Waals surface area contributed by atoms with Crippen LogP contribution in [0.4, 0.5) is 0 Å². The molecule has 1 aliphatic heterocycles. The third-order valence-electron chi connectivity index (χ3n) is 3.60. The number of amides is 1. The average Bonchev–Trinajstić information content (AvgIpc) is 2.36. The second kappa shape index (κ2) is 4.40. The maximum atomic E-state index is 11.8. The number of hydrogen-bond acceptors (Lipinski definition) is 3. The van der Waals surface area contributed by atoms with E-state index in [4.69, 9.17) is 0 Å². The zero-order chi connectivity index (χ0) is 13.3. The Morgan fingerprint density at radius 3 is 2.50 bits per heavy atom. The van der Waals surface area contributed by atoms with Crippen LogP contribution in [0.15, 0.2) is 30.3 Å². The van der Waals surface area contributed by atoms with Gasteiger partial charge in [-0.25, -0.2) is 0 Å². The lowest BCUT2D eigenvalue weighted by Crippen LogP contribution is -2.54. The predicted octanol–water partition coefficient (Wildman–Crippen LogP) is 1.66. The van der Waals surface area contributed by atoms with Crippen LogP contribution in [0.25, 0.3) is 0 Å². The van der Waals surface area contributed by atoms with E-state index in [-0.39, 0.29) is 29.7 Å². The summed E-state index contributed by atoms with van der Waals surface area (Å²) >= 11 is 0. The van der Waals surface area contributed by atoms with Gasteiger partial charge in [0.2, 0.25) is 5.91 Å². The summed E-state index contributed by atoms with van der Waals surface area (Å²) in [5.74, 6) is -0.349. The Morgan fingerprint density at radius 2 is 2.00 bits per heavy atom. The molecule has 1 aromatic rings. The van der Waals surface area contributed by atoms with Crippen molar-refractivity contribution >= 4 is 5.91 Å². The molecule has 5 nitrogen and oxygen atoms in total. The number of carbonyl (C=O) groups is 1. The van der Waals surface area contributed by atoms with Gasteiger partial charge in [-0.15, -0.1) is 0 Å². The summed E-state index contributed by atoms with van der Waals surface area (Å²) in [5.41, 5.74) is -0.509. The van der Waals surface area contributed by atoms with Crippen LogP contribution in [0, 0.1) is 16.0 Å². The van der Waals surface area contributed by atoms with E-state index in [9.17, 15) is 14.9 Å². The third kappa shape index (κ3) is 1.85. The Morgan fingerprint density at radius 1 is 1.39 bits per heavy atom. The summed E-state index contributed by atoms with van der Waals surface area (Å²) < 4.78 is 0. The molecule has 1 amide bonds. The fourth-order valence-corrected chi connectivity index (χ4v) is 2.70. The van der Waals surface area contributed by atoms with Crippen LogP contribution in [0.3, 0.4) is 0 Å². The molecule has 0 radical (unpaired) electrons. The highest BCUT2D eigenvalue weighted by atomic mass is 16.6. The first-order chi connectivity index (χ1) is 8.47. The minimum absolute atomic E-state index is 0.0246. The molecule has 1 saturated heterocycles. The Balaban J connectivity index is 2.47. The molecular formula is C13H16N2O3. The van der Waals surface area contributed by atoms with Crippen molar-refractivity contribution in [3.8, 4) is 0 Å². The van der Waals surface area contributed by atoms with Gasteiger partial charge in [0.25, 0.3) is 5.54 Å². The Labute approximate surface area is 106 Å². The van der Waals surface area contributed by atoms with Crippen molar-refractivity contribution in [3.05, 3.63) is 46.0 Å². The molecular weight excluding hydrogens is 232 g/mol. The first-order valence-electron chi connectivity index (χ1n) is 5.92. The van der Waals surface area contributed by atoms with Gasteiger partial charge in [0.1, 0.15) is 0 Å². The Hall–Kier alpha value is -1.91. The van der Waals surface area contributed by atoms with Crippen LogP contribution in [0.1, 0.15) is 18.9 Å². The number of hydrogen-bond donors (Lipinski definition) is 0. The summed E-state index contributed by atoms with van der Waals surface area (Å²) in [6, 6.07) is 8.94. The highest BCUT2D eigenvalue weighted by Gasteiger charge is 2.52. The lowest BCUT2D eigenvalue weighted by atomic mass is 9.78. The fraction of sp³-hybridized carbons (Fsp3) is 0.462. The van der Waals surface area contributed by atoms with Gasteiger partial charge in [-0.2, -0.15) is 0 Å². The predicted molar refractivity (Wildman–Crippen MR) is 66.5 cm³/mol. The van der Waals surface area contributed by atoms with Crippen molar-refractivity contribution in [2.45, 2.75) is 18.9 Å². The second-order valence-corrected chi connectivity index (χ2v) is 4.95. The van der Waals surface area contributed by atoms with Crippen LogP contribution in [0.2, 0.25) is 0 Å². The van der Waals surface area contributed by atoms with Crippen LogP contribution < -0.4 is 0 Å². The summed E-state index contributed by atoms with van der Waals surface area (Å²) in [6.45, 7) is 1.88. The summed E-state index contributed by atoms with van der Waals surface area (Å²) in [7, 11) is 1.62. The molecule has 0 N–H and O–H groups in total. The molecule has 1 fully saturated rings. The number of rotatable bonds is 2. The molecule has 18 heavy (non-hydrogen) atoms. The minimum atomic E-state index is -1.18. The zero-order valence-electron chi connectivity index (χ0n) is 10.5. The molecule has 96 valence electrons. The highest BCUT2D eigenvalue weighted by Crippen LogP contribution is 2.37. The van der Waals surface area contributed by atoms with E-state index < -0.39 is 5.54 Å². The van der Waals surface area contributed by atoms with Gasteiger partial charge in [-0.1, -0.05) is 37.3 Å². The topological polar surface area (TPSA) is 63.5 Å². The van der Waals surface area contributed by atoms with E-state index in [1.165, 1.54) is 4.90 Å². The number of nitrogens with zero attached hydrogens (tertiary/aromatic N) is 2. The van der Waals surface area contributed by atoms with Gasteiger partial charge >= 0.3 is 0 Å². The highest BCUT2D eigenvalue weighted by molar-refractivity contribution is 5.79. The van der Waals surface area contributed by atoms with Crippen molar-refractivity contribution in [1.82, 2.24) is 4.90 Å². The molecule has 2 unspecified atom stereocenters. The number of carbonyl (C=O) groups excluding carboxylic acids is 1. The largest absolute Gasteiger partial charge is 0.338 e. The first kappa shape index (κ1) is 12.5. The van der Waals surface area contributed by atoms with E-state index >= 15 is 0 Å². The maximum Gasteiger partial charge on any atom is 0.265 e. The molecule has 0 bridgehead atoms. The van der Waals surface area contributed by atoms with Gasteiger partial charge in [-0.3, -0.25) is 14.9 Å². The smallest absolute Gasteiger partial charge is 0.265 e. The monoisotopic (exact) mass is 248 g/mol. The second-order valence-electron chi connectivity index (χ2n) is 4.95. The number of piperidine rings is 1. The maximum absolute atomic E-state index is 11.8. The van der Waals surface area contributed by atoms with Crippen LogP contribution in [0.5, 0.6) is 0 Å². The number of likely N-dealkylation sites (N-methyl/N-ethyl adjacent to an activating group) is 1. The van der Waals surface area contributed by atoms with Gasteiger partial charge in [-0.05, 0) is 0 Å². The number of likely N-dealkylation sites (tertiary alicyclic amines) is 1. The molecule has 0 aromatic heterocycles. The van der Waals surface area contributed by atoms with Gasteiger partial charge in [0.15, 0.2) is 0 Å². The van der Waals surface area contributed by atoms with E-state index in [0.717, 1.165) is 0 Å². The molecule has 5 heteroatoms. The zero-order valence-corrected chi connectivity index (χ0v) is 10.5. The molecule has 0 saturated carbocycles. The molecule has 0 spiro atoms. The standard InChI is InChI=1S/C13H16N2O3/c1-10-8-13(15(17)18,9-14(2)12(10)16)11-6-4-3-5-7-11/h3-7,10H,8-9H2,1-2H3. The molecule has 2 rings (SSSR count). The summed E-state index contributed by atoms with van der Waals surface area (Å²) in [6.07, 6.45) is 0.257. The van der Waals surface area contributed by atoms with Crippen LogP contribution in [-0.4, -0.2) is 29.3 Å². The third-order valence-corrected chi connectivity index (χ3v) is 3.60. The molecule has 1 heterocycles. The van der Waals surface area contributed by atoms with E-state index in [2.05, 4.69) is 0 Å². The van der Waals surface area contributed by atoms with Gasteiger partial charge < -0.3 is 4.90 Å². The lowest BCUT2D eigenvalue weighted by molar-refractivity contribution is -0.583. The van der Waals surface area contributed by atoms with Crippen LogP contribution >= 0.6 is 0 Å². The Kier molecular flexibility index (Phi) is 3.07. The summed E-state index contributed by atoms with van der Waals surface area (Å²) in [5, 5.41) is 11.5. The number of nitro groups is 1. The Bertz CT molecular complexity index is 458. The van der Waals surface area contributed by atoms with Crippen molar-refractivity contribution in [2.24, 2.45) is 5.92 Å². The normalized spacial score (nSPS) is 28.2. The SMILES string of the molecule is CC1CC(c2ccccc2)([N+](=O)[O-])CN(C)C1=O. The average molecular weight is 248 g/mol. The van der Waals surface area contributed by atoms with E-state index in [1.807, 2.05) is 6.07 Å². The quantitative estimate of drug-likeness (QED) is 0.590. The van der Waals surface area contributed by atoms with Crippen molar-refractivity contribution < 1.29 is 9.72 Å². The fourth-order valence-electron chi connectivity index (χ4n) is 2.70. The first-order valence-corrected chi connectivity index (χ1v) is 5.92. The molecule has 2 atom stereocenters. The van der Waals surface area contributed by atoms with Crippen molar-refractivity contribution in [1.29, 1.82) is 0 Å². The van der Waals surface area contributed by atoms with E-state index in [1.54, 1.807) is 38.2 Å². The lowest BCUT2D eigenvalue weighted by Gasteiger charge is -2.37.